The minimum absolute atomic E-state index is 0.893. The fraction of sp³-hybridized carbons (Fsp3) is 0. The summed E-state index contributed by atoms with van der Waals surface area (Å²) >= 11 is 0. The molecule has 9 aromatic rings. The Morgan fingerprint density at radius 3 is 2.00 bits per heavy atom. The number of hydrogen-bond donors (Lipinski definition) is 0. The van der Waals surface area contributed by atoms with Gasteiger partial charge in [0.2, 0.25) is 0 Å². The Kier molecular flexibility index (Phi) is 5.31. The lowest BCUT2D eigenvalue weighted by molar-refractivity contribution is 0.487. The van der Waals surface area contributed by atoms with Gasteiger partial charge in [0, 0.05) is 33.0 Å². The van der Waals surface area contributed by atoms with Crippen LogP contribution in [0.15, 0.2) is 164 Å². The largest absolute Gasteiger partial charge is 0.456 e. The van der Waals surface area contributed by atoms with Crippen molar-refractivity contribution < 1.29 is 4.74 Å². The summed E-state index contributed by atoms with van der Waals surface area (Å²) < 4.78 is 8.91. The standard InChI is InChI=1S/C44H27NO/c1-2-15-31(16-3-1)45-39-22-9-8-19-34(39)38-27-29-12-4-5-18-33(29)43(44(38)45)35-20-7-6-17-32(35)30-24-25-40-37(26-30)36-21-10-13-28-14-11-23-41(46-40)42(28)36/h1-27H. The van der Waals surface area contributed by atoms with E-state index in [1.54, 1.807) is 0 Å². The van der Waals surface area contributed by atoms with Crippen molar-refractivity contribution in [2.45, 2.75) is 0 Å². The normalized spacial score (nSPS) is 12.1. The number of fused-ring (bicyclic) bond motifs is 6. The molecular weight excluding hydrogens is 558 g/mol. The zero-order chi connectivity index (χ0) is 30.2. The third kappa shape index (κ3) is 3.59. The molecule has 0 amide bonds. The molecule has 10 rings (SSSR count). The van der Waals surface area contributed by atoms with Gasteiger partial charge in [-0.25, -0.2) is 0 Å². The number of nitrogens with zero attached hydrogens (tertiary/aromatic N) is 1. The van der Waals surface area contributed by atoms with E-state index in [0.29, 0.717) is 0 Å². The summed E-state index contributed by atoms with van der Waals surface area (Å²) in [6.07, 6.45) is 0. The van der Waals surface area contributed by atoms with Gasteiger partial charge in [0.1, 0.15) is 11.5 Å². The van der Waals surface area contributed by atoms with Crippen LogP contribution in [0.4, 0.5) is 0 Å². The van der Waals surface area contributed by atoms with E-state index in [9.17, 15) is 0 Å². The van der Waals surface area contributed by atoms with Crippen LogP contribution in [0, 0.1) is 0 Å². The zero-order valence-electron chi connectivity index (χ0n) is 24.9. The molecule has 1 aliphatic heterocycles. The first kappa shape index (κ1) is 25.2. The van der Waals surface area contributed by atoms with Crippen molar-refractivity contribution in [3.8, 4) is 50.6 Å². The number of benzene rings is 8. The Hall–Kier alpha value is -6.12. The summed E-state index contributed by atoms with van der Waals surface area (Å²) in [7, 11) is 0. The summed E-state index contributed by atoms with van der Waals surface area (Å²) in [6.45, 7) is 0. The van der Waals surface area contributed by atoms with Crippen molar-refractivity contribution >= 4 is 43.4 Å². The van der Waals surface area contributed by atoms with Gasteiger partial charge in [-0.1, -0.05) is 121 Å². The molecule has 0 radical (unpaired) electrons. The van der Waals surface area contributed by atoms with E-state index in [1.165, 1.54) is 65.6 Å². The van der Waals surface area contributed by atoms with Crippen LogP contribution >= 0.6 is 0 Å². The maximum Gasteiger partial charge on any atom is 0.135 e. The first-order valence-electron chi connectivity index (χ1n) is 15.8. The molecule has 8 aromatic carbocycles. The van der Waals surface area contributed by atoms with Crippen molar-refractivity contribution in [3.05, 3.63) is 164 Å². The topological polar surface area (TPSA) is 14.2 Å². The molecule has 0 saturated carbocycles. The monoisotopic (exact) mass is 585 g/mol. The summed E-state index contributed by atoms with van der Waals surface area (Å²) in [5.41, 5.74) is 10.7. The van der Waals surface area contributed by atoms with E-state index in [-0.39, 0.29) is 0 Å². The smallest absolute Gasteiger partial charge is 0.135 e. The van der Waals surface area contributed by atoms with Crippen LogP contribution in [0.5, 0.6) is 11.5 Å². The molecule has 46 heavy (non-hydrogen) atoms. The zero-order valence-corrected chi connectivity index (χ0v) is 24.9. The lowest BCUT2D eigenvalue weighted by Crippen LogP contribution is -1.98. The van der Waals surface area contributed by atoms with Gasteiger partial charge in [-0.15, -0.1) is 0 Å². The van der Waals surface area contributed by atoms with Crippen LogP contribution in [0.3, 0.4) is 0 Å². The molecule has 1 aliphatic rings. The average Bonchev–Trinajstić information content (AvgIpc) is 3.45. The molecule has 0 aliphatic carbocycles. The minimum Gasteiger partial charge on any atom is -0.456 e. The molecule has 0 bridgehead atoms. The summed E-state index contributed by atoms with van der Waals surface area (Å²) in [6, 6.07) is 59.0. The predicted molar refractivity (Wildman–Crippen MR) is 192 cm³/mol. The van der Waals surface area contributed by atoms with Crippen molar-refractivity contribution in [2.24, 2.45) is 0 Å². The van der Waals surface area contributed by atoms with Crippen molar-refractivity contribution in [3.63, 3.8) is 0 Å². The SMILES string of the molecule is c1ccc(-n2c3ccccc3c3cc4ccccc4c(-c4ccccc4-c4ccc5c(c4)-c4cccc6cccc(c46)O5)c32)cc1. The third-order valence-electron chi connectivity index (χ3n) is 9.56. The summed E-state index contributed by atoms with van der Waals surface area (Å²) in [5, 5.41) is 7.35. The van der Waals surface area contributed by atoms with Gasteiger partial charge in [0.05, 0.1) is 11.0 Å². The average molecular weight is 586 g/mol. The van der Waals surface area contributed by atoms with Gasteiger partial charge in [0.25, 0.3) is 0 Å². The Bertz CT molecular complexity index is 2660. The third-order valence-corrected chi connectivity index (χ3v) is 9.56. The number of para-hydroxylation sites is 2. The van der Waals surface area contributed by atoms with Crippen molar-refractivity contribution in [2.75, 3.05) is 0 Å². The van der Waals surface area contributed by atoms with Crippen LogP contribution < -0.4 is 4.74 Å². The number of aromatic nitrogens is 1. The molecule has 2 heteroatoms. The van der Waals surface area contributed by atoms with E-state index in [2.05, 4.69) is 168 Å². The molecule has 0 atom stereocenters. The number of ether oxygens (including phenoxy) is 1. The molecule has 0 saturated heterocycles. The molecule has 2 heterocycles. The Morgan fingerprint density at radius 2 is 1.11 bits per heavy atom. The van der Waals surface area contributed by atoms with Crippen LogP contribution in [0.1, 0.15) is 0 Å². The van der Waals surface area contributed by atoms with E-state index in [4.69, 9.17) is 4.74 Å². The number of hydrogen-bond acceptors (Lipinski definition) is 1. The van der Waals surface area contributed by atoms with Crippen LogP contribution in [-0.2, 0) is 0 Å². The van der Waals surface area contributed by atoms with Gasteiger partial charge in [-0.2, -0.15) is 0 Å². The molecule has 1 aromatic heterocycles. The van der Waals surface area contributed by atoms with Crippen molar-refractivity contribution in [1.29, 1.82) is 0 Å². The van der Waals surface area contributed by atoms with Crippen LogP contribution in [-0.4, -0.2) is 4.57 Å². The van der Waals surface area contributed by atoms with Crippen molar-refractivity contribution in [1.82, 2.24) is 4.57 Å². The fourth-order valence-electron chi connectivity index (χ4n) is 7.59. The highest BCUT2D eigenvalue weighted by Crippen LogP contribution is 2.49. The summed E-state index contributed by atoms with van der Waals surface area (Å²) in [5.74, 6) is 1.81. The molecule has 0 spiro atoms. The second-order valence-corrected chi connectivity index (χ2v) is 12.1. The van der Waals surface area contributed by atoms with Gasteiger partial charge >= 0.3 is 0 Å². The second kappa shape index (κ2) is 9.69. The highest BCUT2D eigenvalue weighted by atomic mass is 16.5. The summed E-state index contributed by atoms with van der Waals surface area (Å²) in [4.78, 5) is 0. The molecule has 0 N–H and O–H groups in total. The van der Waals surface area contributed by atoms with E-state index >= 15 is 0 Å². The predicted octanol–water partition coefficient (Wildman–Crippen LogP) is 12.2. The highest BCUT2D eigenvalue weighted by molar-refractivity contribution is 6.22. The lowest BCUT2D eigenvalue weighted by atomic mass is 9.87. The second-order valence-electron chi connectivity index (χ2n) is 12.1. The molecular formula is C44H27NO. The Labute approximate surface area is 266 Å². The first-order chi connectivity index (χ1) is 22.8. The van der Waals surface area contributed by atoms with E-state index < -0.39 is 0 Å². The van der Waals surface area contributed by atoms with Gasteiger partial charge < -0.3 is 9.30 Å². The molecule has 0 fully saturated rings. The highest BCUT2D eigenvalue weighted by Gasteiger charge is 2.23. The Morgan fingerprint density at radius 1 is 0.413 bits per heavy atom. The van der Waals surface area contributed by atoms with Crippen LogP contribution in [0.25, 0.3) is 82.4 Å². The van der Waals surface area contributed by atoms with Crippen LogP contribution in [0.2, 0.25) is 0 Å². The van der Waals surface area contributed by atoms with Gasteiger partial charge in [-0.3, -0.25) is 0 Å². The molecule has 2 nitrogen and oxygen atoms in total. The minimum atomic E-state index is 0.893. The maximum atomic E-state index is 6.47. The van der Waals surface area contributed by atoms with Gasteiger partial charge in [-0.05, 0) is 80.9 Å². The lowest BCUT2D eigenvalue weighted by Gasteiger charge is -2.22. The first-order valence-corrected chi connectivity index (χ1v) is 15.8. The maximum absolute atomic E-state index is 6.47. The number of rotatable bonds is 3. The van der Waals surface area contributed by atoms with E-state index in [0.717, 1.165) is 28.3 Å². The quantitative estimate of drug-likeness (QED) is 0.201. The molecule has 214 valence electrons. The Balaban J connectivity index is 1.30. The van der Waals surface area contributed by atoms with Gasteiger partial charge in [0.15, 0.2) is 0 Å². The molecule has 0 unspecified atom stereocenters. The fourth-order valence-corrected chi connectivity index (χ4v) is 7.59. The van der Waals surface area contributed by atoms with E-state index in [1.807, 2.05) is 0 Å².